The lowest BCUT2D eigenvalue weighted by atomic mass is 10.0. The molecule has 0 aliphatic carbocycles. The molecule has 1 unspecified atom stereocenters. The van der Waals surface area contributed by atoms with Gasteiger partial charge in [0.05, 0.1) is 0 Å². The highest BCUT2D eigenvalue weighted by Crippen LogP contribution is 2.19. The molecule has 0 N–H and O–H groups in total. The van der Waals surface area contributed by atoms with Crippen molar-refractivity contribution in [2.24, 2.45) is 0 Å². The molecule has 0 aromatic heterocycles. The minimum Gasteiger partial charge on any atom is -0.462 e. The Bertz CT molecular complexity index is 1210. The summed E-state index contributed by atoms with van der Waals surface area (Å²) < 4.78 is 17.0. The Morgan fingerprint density at radius 2 is 0.423 bits per heavy atom. The predicted molar refractivity (Wildman–Crippen MR) is 340 cm³/mol. The Labute approximate surface area is 488 Å². The van der Waals surface area contributed by atoms with Crippen LogP contribution in [0.1, 0.15) is 412 Å². The number of hydrogen-bond acceptors (Lipinski definition) is 6. The monoisotopic (exact) mass is 1100 g/mol. The summed E-state index contributed by atoms with van der Waals surface area (Å²) in [5.74, 6) is -0.834. The standard InChI is InChI=1S/C72H138O6/c1-4-7-10-13-16-19-22-24-26-28-30-32-33-34-35-36-37-38-40-41-43-45-47-50-53-56-59-62-65-71(74)77-68-69(67-76-70(73)64-61-58-55-52-49-21-18-15-12-9-6-3)78-72(75)66-63-60-57-54-51-48-46-44-42-39-31-29-27-25-23-20-17-14-11-8-5-2/h29,31,69H,4-28,30,32-68H2,1-3H3/b31-29-. The van der Waals surface area contributed by atoms with E-state index in [1.165, 1.54) is 315 Å². The van der Waals surface area contributed by atoms with E-state index in [-0.39, 0.29) is 31.1 Å². The highest BCUT2D eigenvalue weighted by Gasteiger charge is 2.19. The van der Waals surface area contributed by atoms with Gasteiger partial charge >= 0.3 is 17.9 Å². The molecule has 0 radical (unpaired) electrons. The van der Waals surface area contributed by atoms with Crippen LogP contribution >= 0.6 is 0 Å². The molecule has 6 nitrogen and oxygen atoms in total. The molecule has 1 atom stereocenters. The van der Waals surface area contributed by atoms with E-state index in [2.05, 4.69) is 32.9 Å². The first kappa shape index (κ1) is 76.1. The van der Waals surface area contributed by atoms with E-state index in [0.717, 1.165) is 57.8 Å². The number of esters is 3. The van der Waals surface area contributed by atoms with E-state index in [1.54, 1.807) is 0 Å². The maximum absolute atomic E-state index is 12.9. The second-order valence-corrected chi connectivity index (χ2v) is 24.5. The summed E-state index contributed by atoms with van der Waals surface area (Å²) in [7, 11) is 0. The van der Waals surface area contributed by atoms with Gasteiger partial charge in [-0.2, -0.15) is 0 Å². The Morgan fingerprint density at radius 1 is 0.244 bits per heavy atom. The van der Waals surface area contributed by atoms with Crippen molar-refractivity contribution in [3.05, 3.63) is 12.2 Å². The van der Waals surface area contributed by atoms with E-state index in [4.69, 9.17) is 14.2 Å². The van der Waals surface area contributed by atoms with Crippen LogP contribution in [0.4, 0.5) is 0 Å². The van der Waals surface area contributed by atoms with Crippen LogP contribution in [0.25, 0.3) is 0 Å². The van der Waals surface area contributed by atoms with Crippen LogP contribution in [0.5, 0.6) is 0 Å². The Hall–Kier alpha value is -1.85. The van der Waals surface area contributed by atoms with Crippen LogP contribution in [-0.2, 0) is 28.6 Å². The number of allylic oxidation sites excluding steroid dienone is 2. The highest BCUT2D eigenvalue weighted by atomic mass is 16.6. The predicted octanol–water partition coefficient (Wildman–Crippen LogP) is 24.4. The third-order valence-corrected chi connectivity index (χ3v) is 16.5. The molecule has 6 heteroatoms. The first-order chi connectivity index (χ1) is 38.5. The molecule has 0 heterocycles. The minimum atomic E-state index is -0.767. The molecule has 0 rings (SSSR count). The lowest BCUT2D eigenvalue weighted by Gasteiger charge is -2.18. The van der Waals surface area contributed by atoms with Gasteiger partial charge in [-0.3, -0.25) is 14.4 Å². The van der Waals surface area contributed by atoms with Crippen molar-refractivity contribution >= 4 is 17.9 Å². The first-order valence-electron chi connectivity index (χ1n) is 35.7. The maximum Gasteiger partial charge on any atom is 0.306 e. The van der Waals surface area contributed by atoms with Gasteiger partial charge in [0.15, 0.2) is 6.10 Å². The molecule has 0 saturated heterocycles. The molecule has 0 bridgehead atoms. The van der Waals surface area contributed by atoms with Gasteiger partial charge in [-0.05, 0) is 44.9 Å². The van der Waals surface area contributed by atoms with Gasteiger partial charge in [-0.25, -0.2) is 0 Å². The van der Waals surface area contributed by atoms with Crippen LogP contribution in [0, 0.1) is 0 Å². The SMILES string of the molecule is CCCCCCCCCC/C=C\CCCCCCCCCCCC(=O)OC(COC(=O)CCCCCCCCCCCCC)COC(=O)CCCCCCCCCCCCCCCCCCCCCCCCCCCCCC. The number of ether oxygens (including phenoxy) is 3. The van der Waals surface area contributed by atoms with Crippen LogP contribution in [0.3, 0.4) is 0 Å². The third kappa shape index (κ3) is 65.0. The van der Waals surface area contributed by atoms with Crippen molar-refractivity contribution in [2.75, 3.05) is 13.2 Å². The van der Waals surface area contributed by atoms with E-state index in [1.807, 2.05) is 0 Å². The van der Waals surface area contributed by atoms with Gasteiger partial charge in [0.25, 0.3) is 0 Å². The summed E-state index contributed by atoms with van der Waals surface area (Å²) in [5, 5.41) is 0. The van der Waals surface area contributed by atoms with Crippen molar-refractivity contribution in [1.82, 2.24) is 0 Å². The molecule has 0 aliphatic heterocycles. The van der Waals surface area contributed by atoms with Gasteiger partial charge in [-0.1, -0.05) is 360 Å². The fraction of sp³-hybridized carbons (Fsp3) is 0.931. The van der Waals surface area contributed by atoms with E-state index in [9.17, 15) is 14.4 Å². The quantitative estimate of drug-likeness (QED) is 0.0261. The van der Waals surface area contributed by atoms with Gasteiger partial charge < -0.3 is 14.2 Å². The topological polar surface area (TPSA) is 78.9 Å². The van der Waals surface area contributed by atoms with Crippen molar-refractivity contribution in [1.29, 1.82) is 0 Å². The summed E-state index contributed by atoms with van der Waals surface area (Å²) in [4.78, 5) is 38.3. The van der Waals surface area contributed by atoms with E-state index < -0.39 is 6.10 Å². The lowest BCUT2D eigenvalue weighted by Crippen LogP contribution is -2.30. The minimum absolute atomic E-state index is 0.0641. The fourth-order valence-corrected chi connectivity index (χ4v) is 11.2. The molecule has 462 valence electrons. The van der Waals surface area contributed by atoms with Crippen molar-refractivity contribution in [3.63, 3.8) is 0 Å². The number of carbonyl (C=O) groups is 3. The molecular formula is C72H138O6. The number of carbonyl (C=O) groups excluding carboxylic acids is 3. The molecule has 0 saturated carbocycles. The van der Waals surface area contributed by atoms with Crippen LogP contribution < -0.4 is 0 Å². The van der Waals surface area contributed by atoms with Crippen molar-refractivity contribution in [2.45, 2.75) is 419 Å². The molecular weight excluding hydrogens is 961 g/mol. The molecule has 0 aromatic carbocycles. The molecule has 0 fully saturated rings. The Kier molecular flexibility index (Phi) is 66.0. The van der Waals surface area contributed by atoms with Crippen molar-refractivity contribution in [3.8, 4) is 0 Å². The highest BCUT2D eigenvalue weighted by molar-refractivity contribution is 5.71. The summed E-state index contributed by atoms with van der Waals surface area (Å²) in [6, 6.07) is 0. The molecule has 0 spiro atoms. The molecule has 78 heavy (non-hydrogen) atoms. The van der Waals surface area contributed by atoms with Crippen molar-refractivity contribution < 1.29 is 28.6 Å². The second-order valence-electron chi connectivity index (χ2n) is 24.5. The number of unbranched alkanes of at least 4 members (excludes halogenated alkanes) is 54. The van der Waals surface area contributed by atoms with Crippen LogP contribution in [0.15, 0.2) is 12.2 Å². The maximum atomic E-state index is 12.9. The normalized spacial score (nSPS) is 12.0. The second kappa shape index (κ2) is 67.7. The van der Waals surface area contributed by atoms with Gasteiger partial charge in [0.2, 0.25) is 0 Å². The van der Waals surface area contributed by atoms with Crippen LogP contribution in [0.2, 0.25) is 0 Å². The largest absolute Gasteiger partial charge is 0.462 e. The van der Waals surface area contributed by atoms with Crippen LogP contribution in [-0.4, -0.2) is 37.2 Å². The summed E-state index contributed by atoms with van der Waals surface area (Å²) in [6.45, 7) is 6.72. The zero-order valence-electron chi connectivity index (χ0n) is 53.2. The summed E-state index contributed by atoms with van der Waals surface area (Å²) in [5.41, 5.74) is 0. The van der Waals surface area contributed by atoms with Gasteiger partial charge in [0.1, 0.15) is 13.2 Å². The zero-order chi connectivity index (χ0) is 56.4. The molecule has 0 amide bonds. The van der Waals surface area contributed by atoms with E-state index in [0.29, 0.717) is 19.3 Å². The smallest absolute Gasteiger partial charge is 0.306 e. The third-order valence-electron chi connectivity index (χ3n) is 16.5. The Balaban J connectivity index is 4.13. The summed E-state index contributed by atoms with van der Waals surface area (Å²) >= 11 is 0. The number of rotatable bonds is 67. The fourth-order valence-electron chi connectivity index (χ4n) is 11.2. The van der Waals surface area contributed by atoms with Gasteiger partial charge in [0, 0.05) is 19.3 Å². The molecule has 0 aliphatic rings. The average Bonchev–Trinajstić information content (AvgIpc) is 3.44. The average molecular weight is 1100 g/mol. The first-order valence-corrected chi connectivity index (χ1v) is 35.7. The summed E-state index contributed by atoms with van der Waals surface area (Å²) in [6.07, 6.45) is 81.1. The Morgan fingerprint density at radius 3 is 0.641 bits per heavy atom. The molecule has 0 aromatic rings. The van der Waals surface area contributed by atoms with Gasteiger partial charge in [-0.15, -0.1) is 0 Å². The zero-order valence-corrected chi connectivity index (χ0v) is 53.2. The number of hydrogen-bond donors (Lipinski definition) is 0. The lowest BCUT2D eigenvalue weighted by molar-refractivity contribution is -0.167. The van der Waals surface area contributed by atoms with E-state index >= 15 is 0 Å².